The van der Waals surface area contributed by atoms with Crippen molar-refractivity contribution in [2.45, 2.75) is 133 Å². The second-order valence-corrected chi connectivity index (χ2v) is 20.0. The van der Waals surface area contributed by atoms with Gasteiger partial charge in [0, 0.05) is 0 Å². The normalized spacial score (nSPS) is 12.6. The van der Waals surface area contributed by atoms with Crippen LogP contribution in [0.25, 0.3) is 33.4 Å². The first-order valence-electron chi connectivity index (χ1n) is 19.5. The molecular weight excluding hydrogens is 775 g/mol. The zero-order chi connectivity index (χ0) is 38.5. The third-order valence-corrected chi connectivity index (χ3v) is 10.6. The average Bonchev–Trinajstić information content (AvgIpc) is 3.69. The molecule has 0 nitrogen and oxygen atoms in total. The minimum atomic E-state index is 0. The molecule has 54 heavy (non-hydrogen) atoms. The molecule has 0 saturated carbocycles. The van der Waals surface area contributed by atoms with Crippen LogP contribution in [0.15, 0.2) is 72.8 Å². The summed E-state index contributed by atoms with van der Waals surface area (Å²) < 4.78 is 1.75. The van der Waals surface area contributed by atoms with E-state index in [-0.39, 0.29) is 35.6 Å². The topological polar surface area (TPSA) is 0 Å². The molecule has 0 spiro atoms. The standard InChI is InChI=1S/C37H41.C9H18.C5H5.2ClH.Zr/c1-22-11-23(2)14-26(13-22)32-18-28-17-29-19-33(27-15-24(3)12-25(4)16-27)35(37(8,9)10)21-31(29)30(28)20-34(32)36(5,6)7;1-8(2)6-5-7-9(3)4;1-2-4-5-3-1;;;/h11-16,18,20-21H,17H2,1-10H3;8-9H,6-7H2,1-4H3;1-3H,4H2;2*1H;/q-1;;-1;;;+2/p-2. The Kier molecular flexibility index (Phi) is 17.9. The quantitative estimate of drug-likeness (QED) is 0.151. The van der Waals surface area contributed by atoms with Gasteiger partial charge in [0.1, 0.15) is 0 Å². The van der Waals surface area contributed by atoms with E-state index in [4.69, 9.17) is 0 Å². The first-order valence-corrected chi connectivity index (χ1v) is 20.7. The zero-order valence-corrected chi connectivity index (χ0v) is 39.6. The van der Waals surface area contributed by atoms with Gasteiger partial charge < -0.3 is 24.8 Å². The van der Waals surface area contributed by atoms with E-state index in [2.05, 4.69) is 170 Å². The summed E-state index contributed by atoms with van der Waals surface area (Å²) in [5, 5.41) is 0. The molecule has 288 valence electrons. The molecule has 0 aliphatic heterocycles. The first-order chi connectivity index (χ1) is 24.2. The van der Waals surface area contributed by atoms with Gasteiger partial charge in [0.15, 0.2) is 0 Å². The van der Waals surface area contributed by atoms with Crippen molar-refractivity contribution in [1.82, 2.24) is 0 Å². The van der Waals surface area contributed by atoms with Crippen molar-refractivity contribution in [3.05, 3.63) is 129 Å². The van der Waals surface area contributed by atoms with E-state index in [9.17, 15) is 0 Å². The van der Waals surface area contributed by atoms with E-state index in [1.165, 1.54) is 90.7 Å². The zero-order valence-electron chi connectivity index (χ0n) is 35.7. The molecule has 0 fully saturated rings. The second-order valence-electron chi connectivity index (χ2n) is 18.2. The maximum atomic E-state index is 3.95. The molecule has 4 aromatic carbocycles. The van der Waals surface area contributed by atoms with Crippen LogP contribution >= 0.6 is 0 Å². The third-order valence-electron chi connectivity index (χ3n) is 9.61. The van der Waals surface area contributed by atoms with Gasteiger partial charge in [-0.05, 0) is 67.2 Å². The molecule has 0 heterocycles. The van der Waals surface area contributed by atoms with Crippen molar-refractivity contribution in [1.29, 1.82) is 0 Å². The van der Waals surface area contributed by atoms with Crippen molar-refractivity contribution < 1.29 is 49.0 Å². The fraction of sp³-hybridized carbons (Fsp3) is 0.431. The summed E-state index contributed by atoms with van der Waals surface area (Å²) in [6, 6.07) is 25.2. The monoisotopic (exact) mass is 836 g/mol. The van der Waals surface area contributed by atoms with E-state index in [1.807, 2.05) is 12.2 Å². The maximum absolute atomic E-state index is 3.95. The van der Waals surface area contributed by atoms with Gasteiger partial charge in [-0.25, -0.2) is 12.2 Å². The largest absolute Gasteiger partial charge is 1.00 e. The second kappa shape index (κ2) is 20.2. The summed E-state index contributed by atoms with van der Waals surface area (Å²) in [5.41, 5.74) is 18.9. The molecule has 4 aromatic rings. The molecule has 0 N–H and O–H groups in total. The molecule has 6 rings (SSSR count). The molecular formula is C51H64Cl2Zr-2. The molecule has 0 saturated heterocycles. The number of fused-ring (bicyclic) bond motifs is 3. The van der Waals surface area contributed by atoms with Crippen molar-refractivity contribution in [2.24, 2.45) is 11.8 Å². The van der Waals surface area contributed by atoms with Gasteiger partial charge in [-0.15, -0.1) is 35.2 Å². The van der Waals surface area contributed by atoms with E-state index in [0.717, 1.165) is 24.7 Å². The maximum Gasteiger partial charge on any atom is -0.0126 e. The van der Waals surface area contributed by atoms with Crippen molar-refractivity contribution in [2.75, 3.05) is 0 Å². The number of allylic oxidation sites excluding steroid dienone is 4. The Hall–Kier alpha value is -2.31. The van der Waals surface area contributed by atoms with Gasteiger partial charge in [-0.3, -0.25) is 6.08 Å². The minimum absolute atomic E-state index is 0. The van der Waals surface area contributed by atoms with Crippen molar-refractivity contribution in [3.63, 3.8) is 0 Å². The summed E-state index contributed by atoms with van der Waals surface area (Å²) in [4.78, 5) is 0. The molecule has 0 aromatic heterocycles. The van der Waals surface area contributed by atoms with Crippen LogP contribution in [0, 0.1) is 51.7 Å². The van der Waals surface area contributed by atoms with Crippen molar-refractivity contribution >= 4 is 3.21 Å². The van der Waals surface area contributed by atoms with Gasteiger partial charge in [0.25, 0.3) is 0 Å². The molecule has 0 bridgehead atoms. The summed E-state index contributed by atoms with van der Waals surface area (Å²) in [6.07, 6.45) is 13.6. The molecule has 0 radical (unpaired) electrons. The average molecular weight is 839 g/mol. The van der Waals surface area contributed by atoms with Gasteiger partial charge in [-0.2, -0.15) is 6.08 Å². The number of benzene rings is 4. The Balaban J connectivity index is 0.000000498. The van der Waals surface area contributed by atoms with Gasteiger partial charge >= 0.3 is 79.8 Å². The number of rotatable bonds is 6. The molecule has 3 heteroatoms. The van der Waals surface area contributed by atoms with Crippen LogP contribution in [0.2, 0.25) is 0 Å². The van der Waals surface area contributed by atoms with E-state index < -0.39 is 0 Å². The van der Waals surface area contributed by atoms with Crippen LogP contribution in [-0.2, 0) is 41.5 Å². The number of hydrogen-bond donors (Lipinski definition) is 0. The van der Waals surface area contributed by atoms with Crippen LogP contribution in [0.5, 0.6) is 0 Å². The van der Waals surface area contributed by atoms with Gasteiger partial charge in [-0.1, -0.05) is 129 Å². The Morgan fingerprint density at radius 1 is 0.630 bits per heavy atom. The van der Waals surface area contributed by atoms with Crippen LogP contribution in [-0.4, -0.2) is 3.21 Å². The summed E-state index contributed by atoms with van der Waals surface area (Å²) in [5.74, 6) is 1.71. The fourth-order valence-corrected chi connectivity index (χ4v) is 9.54. The smallest absolute Gasteiger partial charge is 0.0126 e. The van der Waals surface area contributed by atoms with E-state index in [0.29, 0.717) is 0 Å². The van der Waals surface area contributed by atoms with Crippen LogP contribution in [0.1, 0.15) is 133 Å². The van der Waals surface area contributed by atoms with E-state index in [1.54, 1.807) is 27.4 Å². The third kappa shape index (κ3) is 13.1. The Morgan fingerprint density at radius 2 is 1.11 bits per heavy atom. The SMILES string of the molecule is CC(C)C[C](=[Zr+2])CC(C)C.Cc1cc(C)cc(-c2[c-]c3c(cc2C(C)(C)C)-c2cc(C(C)(C)C)c(-c4cc(C)cc(C)c4)cc2C3)c1.[C-]1=CC=CC1.[Cl-].[Cl-]. The molecule has 0 amide bonds. The van der Waals surface area contributed by atoms with Gasteiger partial charge in [0.05, 0.1) is 0 Å². The predicted molar refractivity (Wildman–Crippen MR) is 226 cm³/mol. The molecule has 0 atom stereocenters. The van der Waals surface area contributed by atoms with Gasteiger partial charge in [0.2, 0.25) is 0 Å². The minimum Gasteiger partial charge on any atom is -1.00 e. The Labute approximate surface area is 357 Å². The van der Waals surface area contributed by atoms with Crippen LogP contribution < -0.4 is 24.8 Å². The number of hydrogen-bond acceptors (Lipinski definition) is 0. The number of halogens is 2. The number of aryl methyl sites for hydroxylation is 4. The fourth-order valence-electron chi connectivity index (χ4n) is 7.54. The Morgan fingerprint density at radius 3 is 1.52 bits per heavy atom. The predicted octanol–water partition coefficient (Wildman–Crippen LogP) is 8.33. The molecule has 2 aliphatic rings. The summed E-state index contributed by atoms with van der Waals surface area (Å²) >= 11 is 1.65. The Bertz CT molecular complexity index is 1780. The van der Waals surface area contributed by atoms with Crippen LogP contribution in [0.4, 0.5) is 0 Å². The molecule has 0 unspecified atom stereocenters. The van der Waals surface area contributed by atoms with Crippen molar-refractivity contribution in [3.8, 4) is 33.4 Å². The first kappa shape index (κ1) is 47.8. The summed E-state index contributed by atoms with van der Waals surface area (Å²) in [7, 11) is 0. The van der Waals surface area contributed by atoms with Crippen LogP contribution in [0.3, 0.4) is 0 Å². The molecule has 2 aliphatic carbocycles. The van der Waals surface area contributed by atoms with E-state index >= 15 is 0 Å². The summed E-state index contributed by atoms with van der Waals surface area (Å²) in [6.45, 7) is 32.0.